The maximum Gasteiger partial charge on any atom is 0 e. The van der Waals surface area contributed by atoms with Crippen LogP contribution in [0, 0.1) is 0 Å². The van der Waals surface area contributed by atoms with Gasteiger partial charge in [-0.05, 0) is 0 Å². The van der Waals surface area contributed by atoms with Crippen molar-refractivity contribution in [2.45, 2.75) is 0 Å². The molecule has 0 aromatic rings. The summed E-state index contributed by atoms with van der Waals surface area (Å²) in [5.41, 5.74) is 0. The van der Waals surface area contributed by atoms with Crippen LogP contribution < -0.4 is 0 Å². The molecule has 0 atom stereocenters. The summed E-state index contributed by atoms with van der Waals surface area (Å²) in [4.78, 5) is 0. The molecule has 5 heavy (non-hydrogen) atoms. The van der Waals surface area contributed by atoms with Crippen LogP contribution in [-0.2, 0) is 0 Å². The number of hydrogen-bond acceptors (Lipinski definition) is 0. The normalized spacial score (nSPS) is 0. The van der Waals surface area contributed by atoms with Gasteiger partial charge in [-0.25, -0.2) is 0 Å². The molecule has 0 rings (SSSR count). The van der Waals surface area contributed by atoms with Crippen molar-refractivity contribution in [1.29, 1.82) is 0 Å². The number of hydrogen-bond donors (Lipinski definition) is 0. The van der Waals surface area contributed by atoms with Crippen molar-refractivity contribution < 1.29 is 16.4 Å². The predicted octanol–water partition coefficient (Wildman–Crippen LogP) is -3.24. The van der Waals surface area contributed by atoms with E-state index in [1.807, 2.05) is 0 Å². The number of rotatable bonds is 0. The second kappa shape index (κ2) is 31.3. The molecule has 6 N–H and O–H groups in total. The minimum atomic E-state index is 0. The van der Waals surface area contributed by atoms with E-state index in [4.69, 9.17) is 0 Å². The Morgan fingerprint density at radius 2 is 0.600 bits per heavy atom. The summed E-state index contributed by atoms with van der Waals surface area (Å²) in [7, 11) is 0. The third-order valence-electron chi connectivity index (χ3n) is 0. The predicted molar refractivity (Wildman–Crippen MR) is 22.3 cm³/mol. The van der Waals surface area contributed by atoms with Gasteiger partial charge in [0.25, 0.3) is 0 Å². The van der Waals surface area contributed by atoms with E-state index in [-0.39, 0.29) is 97.4 Å². The molecular weight excluding hydrogens is 110 g/mol. The largest absolute Gasteiger partial charge is 0.412 e. The molecule has 0 saturated heterocycles. The Balaban J connectivity index is 0. The summed E-state index contributed by atoms with van der Waals surface area (Å²) in [6.45, 7) is 0. The monoisotopic (exact) mass is 116 g/mol. The first-order chi connectivity index (χ1) is 0. The first-order valence-corrected chi connectivity index (χ1v) is 0. The molecule has 0 unspecified atom stereocenters. The van der Waals surface area contributed by atoms with Crippen molar-refractivity contribution >= 4 is 80.9 Å². The van der Waals surface area contributed by atoms with E-state index >= 15 is 0 Å². The van der Waals surface area contributed by atoms with Crippen LogP contribution in [0.4, 0.5) is 0 Å². The van der Waals surface area contributed by atoms with E-state index in [0.717, 1.165) is 0 Å². The molecule has 26 valence electrons. The fourth-order valence-corrected chi connectivity index (χ4v) is 0. The van der Waals surface area contributed by atoms with Gasteiger partial charge in [-0.15, -0.1) is 0 Å². The Labute approximate surface area is 95.1 Å². The zero-order valence-electron chi connectivity index (χ0n) is 3.50. The Hall–Kier alpha value is 2.52. The average Bonchev–Trinajstić information content (AvgIpc) is 0. The fourth-order valence-electron chi connectivity index (χ4n) is 0. The van der Waals surface area contributed by atoms with Gasteiger partial charge in [0, 0.05) is 80.9 Å². The molecule has 0 aromatic heterocycles. The van der Waals surface area contributed by atoms with Crippen LogP contribution in [0.15, 0.2) is 0 Å². The van der Waals surface area contributed by atoms with Crippen LogP contribution >= 0.6 is 0 Å². The van der Waals surface area contributed by atoms with Gasteiger partial charge in [-0.2, -0.15) is 0 Å². The van der Waals surface area contributed by atoms with Crippen molar-refractivity contribution in [3.8, 4) is 0 Å². The standard InChI is InChI=1S/K.Na.3H2O/h;;3*1H2. The van der Waals surface area contributed by atoms with Gasteiger partial charge in [0.15, 0.2) is 0 Å². The third-order valence-corrected chi connectivity index (χ3v) is 0. The molecule has 0 amide bonds. The van der Waals surface area contributed by atoms with Crippen molar-refractivity contribution in [1.82, 2.24) is 0 Å². The second-order valence-corrected chi connectivity index (χ2v) is 0. The third kappa shape index (κ3) is 21.0. The molecule has 0 aliphatic rings. The van der Waals surface area contributed by atoms with Gasteiger partial charge in [0.1, 0.15) is 0 Å². The minimum Gasteiger partial charge on any atom is -0.412 e. The summed E-state index contributed by atoms with van der Waals surface area (Å²) in [6, 6.07) is 0. The van der Waals surface area contributed by atoms with E-state index < -0.39 is 0 Å². The zero-order valence-corrected chi connectivity index (χ0v) is 8.62. The Morgan fingerprint density at radius 3 is 0.600 bits per heavy atom. The van der Waals surface area contributed by atoms with Crippen LogP contribution in [0.2, 0.25) is 0 Å². The molecule has 5 heteroatoms. The molecule has 0 bridgehead atoms. The summed E-state index contributed by atoms with van der Waals surface area (Å²) in [6.07, 6.45) is 0. The van der Waals surface area contributed by atoms with Gasteiger partial charge in [0.05, 0.1) is 0 Å². The van der Waals surface area contributed by atoms with Crippen LogP contribution in [0.5, 0.6) is 0 Å². The van der Waals surface area contributed by atoms with E-state index in [0.29, 0.717) is 0 Å². The molecule has 0 fully saturated rings. The summed E-state index contributed by atoms with van der Waals surface area (Å²) >= 11 is 0. The van der Waals surface area contributed by atoms with Crippen LogP contribution in [-0.4, -0.2) is 97.4 Å². The first-order valence-electron chi connectivity index (χ1n) is 0. The summed E-state index contributed by atoms with van der Waals surface area (Å²) in [5.74, 6) is 0. The van der Waals surface area contributed by atoms with Crippen molar-refractivity contribution in [3.05, 3.63) is 0 Å². The van der Waals surface area contributed by atoms with Gasteiger partial charge in [-0.1, -0.05) is 0 Å². The first kappa shape index (κ1) is 50.4. The van der Waals surface area contributed by atoms with E-state index in [1.165, 1.54) is 0 Å². The zero-order chi connectivity index (χ0) is 0. The van der Waals surface area contributed by atoms with E-state index in [1.54, 1.807) is 0 Å². The van der Waals surface area contributed by atoms with Crippen LogP contribution in [0.25, 0.3) is 0 Å². The SMILES string of the molecule is O.O.O.[K].[Na]. The van der Waals surface area contributed by atoms with Gasteiger partial charge in [0.2, 0.25) is 0 Å². The molecule has 0 saturated carbocycles. The Kier molecular flexibility index (Phi) is 316. The quantitative estimate of drug-likeness (QED) is 0.297. The van der Waals surface area contributed by atoms with Gasteiger partial charge in [-0.3, -0.25) is 0 Å². The molecule has 0 aliphatic carbocycles. The van der Waals surface area contributed by atoms with Gasteiger partial charge >= 0.3 is 0 Å². The maximum absolute atomic E-state index is 0. The molecule has 0 heterocycles. The molecule has 0 aliphatic heterocycles. The Morgan fingerprint density at radius 1 is 0.600 bits per heavy atom. The summed E-state index contributed by atoms with van der Waals surface area (Å²) < 4.78 is 0. The van der Waals surface area contributed by atoms with Crippen LogP contribution in [0.3, 0.4) is 0 Å². The summed E-state index contributed by atoms with van der Waals surface area (Å²) in [5, 5.41) is 0. The average molecular weight is 116 g/mol. The van der Waals surface area contributed by atoms with Crippen molar-refractivity contribution in [2.75, 3.05) is 0 Å². The van der Waals surface area contributed by atoms with E-state index in [2.05, 4.69) is 0 Å². The minimum absolute atomic E-state index is 0. The fraction of sp³-hybridized carbons (Fsp3) is 0. The van der Waals surface area contributed by atoms with E-state index in [9.17, 15) is 0 Å². The molecule has 0 spiro atoms. The molecule has 2 radical (unpaired) electrons. The van der Waals surface area contributed by atoms with Crippen molar-refractivity contribution in [3.63, 3.8) is 0 Å². The van der Waals surface area contributed by atoms with Crippen molar-refractivity contribution in [2.24, 2.45) is 0 Å². The Bertz CT molecular complexity index is 6.85. The molecule has 3 nitrogen and oxygen atoms in total. The smallest absolute Gasteiger partial charge is 0 e. The molecule has 0 aromatic carbocycles. The maximum atomic E-state index is 0. The van der Waals surface area contributed by atoms with Crippen LogP contribution in [0.1, 0.15) is 0 Å². The second-order valence-electron chi connectivity index (χ2n) is 0. The topological polar surface area (TPSA) is 94.5 Å². The van der Waals surface area contributed by atoms with Gasteiger partial charge < -0.3 is 16.4 Å². The molecular formula is H6KNaO3.